The monoisotopic (exact) mass is 376 g/mol. The number of benzene rings is 3. The number of rotatable bonds is 6. The minimum atomic E-state index is -1.02. The lowest BCUT2D eigenvalue weighted by molar-refractivity contribution is 0.0318. The van der Waals surface area contributed by atoms with Gasteiger partial charge in [-0.25, -0.2) is 9.18 Å². The summed E-state index contributed by atoms with van der Waals surface area (Å²) in [5.74, 6) is -1.71. The van der Waals surface area contributed by atoms with Gasteiger partial charge in [0.05, 0.1) is 5.56 Å². The van der Waals surface area contributed by atoms with Crippen LogP contribution >= 0.6 is 0 Å². The molecule has 0 radical (unpaired) electrons. The van der Waals surface area contributed by atoms with Crippen molar-refractivity contribution in [1.82, 2.24) is 0 Å². The molecule has 4 nitrogen and oxygen atoms in total. The fourth-order valence-corrected chi connectivity index (χ4v) is 2.64. The molecule has 0 aliphatic rings. The Labute approximate surface area is 161 Å². The zero-order valence-corrected chi connectivity index (χ0v) is 15.1. The summed E-state index contributed by atoms with van der Waals surface area (Å²) in [7, 11) is 0. The van der Waals surface area contributed by atoms with Crippen LogP contribution in [-0.2, 0) is 4.74 Å². The second-order valence-corrected chi connectivity index (χ2v) is 6.19. The summed E-state index contributed by atoms with van der Waals surface area (Å²) in [4.78, 5) is 36.9. The molecule has 0 saturated carbocycles. The van der Waals surface area contributed by atoms with Crippen molar-refractivity contribution >= 4 is 17.5 Å². The Morgan fingerprint density at radius 2 is 1.21 bits per heavy atom. The molecule has 0 spiro atoms. The number of halogens is 1. The summed E-state index contributed by atoms with van der Waals surface area (Å²) in [6.07, 6.45) is -1.02. The first-order valence-electron chi connectivity index (χ1n) is 8.66. The van der Waals surface area contributed by atoms with Gasteiger partial charge in [0, 0.05) is 16.7 Å². The molecule has 140 valence electrons. The van der Waals surface area contributed by atoms with E-state index in [1.807, 2.05) is 6.07 Å². The quantitative estimate of drug-likeness (QED) is 0.470. The summed E-state index contributed by atoms with van der Waals surface area (Å²) < 4.78 is 18.2. The van der Waals surface area contributed by atoms with Crippen LogP contribution in [0.15, 0.2) is 78.9 Å². The molecule has 0 saturated heterocycles. The van der Waals surface area contributed by atoms with Gasteiger partial charge in [0.2, 0.25) is 5.78 Å². The molecular weight excluding hydrogens is 359 g/mol. The predicted octanol–water partition coefficient (Wildman–Crippen LogP) is 4.48. The number of hydrogen-bond donors (Lipinski definition) is 0. The molecule has 0 heterocycles. The lowest BCUT2D eigenvalue weighted by atomic mass is 10.0. The van der Waals surface area contributed by atoms with Crippen LogP contribution in [-0.4, -0.2) is 23.6 Å². The van der Waals surface area contributed by atoms with Crippen LogP contribution in [0.25, 0.3) is 0 Å². The predicted molar refractivity (Wildman–Crippen MR) is 102 cm³/mol. The number of esters is 1. The van der Waals surface area contributed by atoms with Crippen LogP contribution in [0.1, 0.15) is 43.6 Å². The number of ketones is 2. The van der Waals surface area contributed by atoms with Gasteiger partial charge in [-0.2, -0.15) is 0 Å². The van der Waals surface area contributed by atoms with E-state index in [2.05, 4.69) is 0 Å². The van der Waals surface area contributed by atoms with Crippen molar-refractivity contribution < 1.29 is 23.5 Å². The third-order valence-corrected chi connectivity index (χ3v) is 4.20. The van der Waals surface area contributed by atoms with Crippen molar-refractivity contribution in [1.29, 1.82) is 0 Å². The summed E-state index contributed by atoms with van der Waals surface area (Å²) in [6.45, 7) is 1.46. The average Bonchev–Trinajstić information content (AvgIpc) is 2.74. The highest BCUT2D eigenvalue weighted by atomic mass is 19.1. The van der Waals surface area contributed by atoms with E-state index in [1.165, 1.54) is 43.3 Å². The molecule has 0 aromatic heterocycles. The minimum Gasteiger partial charge on any atom is -0.451 e. The lowest BCUT2D eigenvalue weighted by Crippen LogP contribution is -2.24. The van der Waals surface area contributed by atoms with E-state index >= 15 is 0 Å². The van der Waals surface area contributed by atoms with Crippen LogP contribution in [0.3, 0.4) is 0 Å². The molecule has 3 aromatic carbocycles. The third kappa shape index (κ3) is 4.38. The van der Waals surface area contributed by atoms with E-state index < -0.39 is 23.7 Å². The van der Waals surface area contributed by atoms with Gasteiger partial charge in [0.25, 0.3) is 0 Å². The van der Waals surface area contributed by atoms with Crippen molar-refractivity contribution in [3.05, 3.63) is 107 Å². The standard InChI is InChI=1S/C23H17FO4/c1-15(21(25)17-11-13-20(24)14-12-17)28-23(27)19-9-7-18(8-10-19)22(26)16-5-3-2-4-6-16/h2-15H,1H3/t15-/m1/s1. The molecule has 28 heavy (non-hydrogen) atoms. The van der Waals surface area contributed by atoms with E-state index in [0.29, 0.717) is 11.1 Å². The van der Waals surface area contributed by atoms with Crippen molar-refractivity contribution in [3.8, 4) is 0 Å². The Hall–Kier alpha value is -3.60. The number of ether oxygens (including phenoxy) is 1. The highest BCUT2D eigenvalue weighted by Gasteiger charge is 2.20. The van der Waals surface area contributed by atoms with Crippen molar-refractivity contribution in [3.63, 3.8) is 0 Å². The summed E-state index contributed by atoms with van der Waals surface area (Å²) in [5, 5.41) is 0. The summed E-state index contributed by atoms with van der Waals surface area (Å²) in [6, 6.07) is 19.9. The number of Topliss-reactive ketones (excluding diaryl/α,β-unsaturated/α-hetero) is 1. The lowest BCUT2D eigenvalue weighted by Gasteiger charge is -2.12. The maximum Gasteiger partial charge on any atom is 0.338 e. The molecule has 0 fully saturated rings. The fourth-order valence-electron chi connectivity index (χ4n) is 2.64. The maximum absolute atomic E-state index is 13.0. The van der Waals surface area contributed by atoms with Gasteiger partial charge < -0.3 is 4.74 Å². The molecule has 5 heteroatoms. The van der Waals surface area contributed by atoms with Gasteiger partial charge in [-0.3, -0.25) is 9.59 Å². The highest BCUT2D eigenvalue weighted by Crippen LogP contribution is 2.14. The van der Waals surface area contributed by atoms with E-state index in [1.54, 1.807) is 36.4 Å². The van der Waals surface area contributed by atoms with E-state index in [-0.39, 0.29) is 16.9 Å². The zero-order valence-electron chi connectivity index (χ0n) is 15.1. The van der Waals surface area contributed by atoms with E-state index in [4.69, 9.17) is 4.74 Å². The number of hydrogen-bond acceptors (Lipinski definition) is 4. The van der Waals surface area contributed by atoms with Gasteiger partial charge in [-0.1, -0.05) is 42.5 Å². The largest absolute Gasteiger partial charge is 0.451 e. The first-order valence-corrected chi connectivity index (χ1v) is 8.66. The molecule has 0 amide bonds. The number of carbonyl (C=O) groups excluding carboxylic acids is 3. The second-order valence-electron chi connectivity index (χ2n) is 6.19. The highest BCUT2D eigenvalue weighted by molar-refractivity contribution is 6.09. The SMILES string of the molecule is C[C@@H](OC(=O)c1ccc(C(=O)c2ccccc2)cc1)C(=O)c1ccc(F)cc1. The van der Waals surface area contributed by atoms with Gasteiger partial charge in [0.15, 0.2) is 11.9 Å². The van der Waals surface area contributed by atoms with Gasteiger partial charge in [-0.05, 0) is 43.3 Å². The Morgan fingerprint density at radius 3 is 1.82 bits per heavy atom. The molecule has 3 aromatic rings. The summed E-state index contributed by atoms with van der Waals surface area (Å²) in [5.41, 5.74) is 1.48. The number of carbonyl (C=O) groups is 3. The maximum atomic E-state index is 13.0. The fraction of sp³-hybridized carbons (Fsp3) is 0.0870. The van der Waals surface area contributed by atoms with Crippen molar-refractivity contribution in [2.24, 2.45) is 0 Å². The zero-order chi connectivity index (χ0) is 20.1. The van der Waals surface area contributed by atoms with Gasteiger partial charge in [-0.15, -0.1) is 0 Å². The molecule has 1 atom stereocenters. The first-order chi connectivity index (χ1) is 13.5. The molecule has 3 rings (SSSR count). The summed E-state index contributed by atoms with van der Waals surface area (Å²) >= 11 is 0. The Kier molecular flexibility index (Phi) is 5.75. The Morgan fingerprint density at radius 1 is 0.714 bits per heavy atom. The van der Waals surface area contributed by atoms with Gasteiger partial charge >= 0.3 is 5.97 Å². The van der Waals surface area contributed by atoms with Crippen molar-refractivity contribution in [2.45, 2.75) is 13.0 Å². The van der Waals surface area contributed by atoms with Crippen LogP contribution in [0, 0.1) is 5.82 Å². The van der Waals surface area contributed by atoms with E-state index in [0.717, 1.165) is 0 Å². The molecule has 0 aliphatic carbocycles. The smallest absolute Gasteiger partial charge is 0.338 e. The van der Waals surface area contributed by atoms with Gasteiger partial charge in [0.1, 0.15) is 5.82 Å². The molecule has 0 unspecified atom stereocenters. The van der Waals surface area contributed by atoms with Crippen LogP contribution in [0.4, 0.5) is 4.39 Å². The second kappa shape index (κ2) is 8.39. The topological polar surface area (TPSA) is 60.4 Å². The molecule has 0 aliphatic heterocycles. The third-order valence-electron chi connectivity index (χ3n) is 4.20. The van der Waals surface area contributed by atoms with Crippen LogP contribution in [0.5, 0.6) is 0 Å². The minimum absolute atomic E-state index is 0.152. The average molecular weight is 376 g/mol. The Bertz CT molecular complexity index is 993. The normalized spacial score (nSPS) is 11.5. The van der Waals surface area contributed by atoms with Crippen LogP contribution in [0.2, 0.25) is 0 Å². The molecule has 0 N–H and O–H groups in total. The van der Waals surface area contributed by atoms with E-state index in [9.17, 15) is 18.8 Å². The first kappa shape index (κ1) is 19.2. The molecular formula is C23H17FO4. The van der Waals surface area contributed by atoms with Crippen molar-refractivity contribution in [2.75, 3.05) is 0 Å². The van der Waals surface area contributed by atoms with Crippen LogP contribution < -0.4 is 0 Å². The Balaban J connectivity index is 1.66. The molecule has 0 bridgehead atoms.